The van der Waals surface area contributed by atoms with E-state index in [9.17, 15) is 0 Å². The van der Waals surface area contributed by atoms with Gasteiger partial charge in [0.1, 0.15) is 0 Å². The molecule has 390 valence electrons. The molecule has 13 aromatic rings. The molecule has 0 aromatic heterocycles. The molecule has 82 heavy (non-hydrogen) atoms. The Balaban J connectivity index is 0.816. The summed E-state index contributed by atoms with van der Waals surface area (Å²) < 4.78 is 0. The summed E-state index contributed by atoms with van der Waals surface area (Å²) in [6.45, 7) is 0. The molecule has 0 bridgehead atoms. The molecule has 0 aliphatic heterocycles. The van der Waals surface area contributed by atoms with E-state index in [-0.39, 0.29) is 0 Å². The minimum Gasteiger partial charge on any atom is -0.311 e. The van der Waals surface area contributed by atoms with Crippen molar-refractivity contribution in [3.8, 4) is 44.5 Å². The summed E-state index contributed by atoms with van der Waals surface area (Å²) in [5.41, 5.74) is 22.2. The molecule has 0 saturated carbocycles. The Morgan fingerprint density at radius 2 is 0.280 bits per heavy atom. The van der Waals surface area contributed by atoms with Gasteiger partial charge in [-0.05, 0) is 196 Å². The van der Waals surface area contributed by atoms with Crippen LogP contribution < -0.4 is 19.6 Å². The van der Waals surface area contributed by atoms with Crippen molar-refractivity contribution < 1.29 is 0 Å². The predicted molar refractivity (Wildman–Crippen MR) is 347 cm³/mol. The number of para-hydroxylation sites is 4. The third kappa shape index (κ3) is 10.9. The molecule has 0 radical (unpaired) electrons. The summed E-state index contributed by atoms with van der Waals surface area (Å²) in [6.07, 6.45) is 0. The first-order chi connectivity index (χ1) is 40.7. The summed E-state index contributed by atoms with van der Waals surface area (Å²) in [7, 11) is 0. The molecule has 0 spiro atoms. The van der Waals surface area contributed by atoms with Crippen LogP contribution in [0.2, 0.25) is 0 Å². The Morgan fingerprint density at radius 1 is 0.110 bits per heavy atom. The van der Waals surface area contributed by atoms with Crippen LogP contribution in [0.3, 0.4) is 0 Å². The Bertz CT molecular complexity index is 3890. The zero-order valence-electron chi connectivity index (χ0n) is 45.3. The van der Waals surface area contributed by atoms with Crippen molar-refractivity contribution in [1.29, 1.82) is 0 Å². The van der Waals surface area contributed by atoms with Gasteiger partial charge in [-0.1, -0.05) is 200 Å². The van der Waals surface area contributed by atoms with Gasteiger partial charge >= 0.3 is 0 Å². The van der Waals surface area contributed by atoms with Gasteiger partial charge in [0.15, 0.2) is 0 Å². The van der Waals surface area contributed by atoms with Crippen molar-refractivity contribution in [3.05, 3.63) is 352 Å². The minimum absolute atomic E-state index is 1.03. The predicted octanol–water partition coefficient (Wildman–Crippen LogP) is 22.2. The smallest absolute Gasteiger partial charge is 0.0482 e. The number of hydrogen-bond donors (Lipinski definition) is 0. The van der Waals surface area contributed by atoms with Crippen LogP contribution in [0.4, 0.5) is 68.2 Å². The lowest BCUT2D eigenvalue weighted by molar-refractivity contribution is 1.23. The highest BCUT2D eigenvalue weighted by Crippen LogP contribution is 2.44. The van der Waals surface area contributed by atoms with E-state index in [4.69, 9.17) is 0 Å². The van der Waals surface area contributed by atoms with E-state index in [0.717, 1.165) is 68.2 Å². The fourth-order valence-electron chi connectivity index (χ4n) is 11.0. The third-order valence-electron chi connectivity index (χ3n) is 15.0. The van der Waals surface area contributed by atoms with E-state index < -0.39 is 0 Å². The molecule has 0 heterocycles. The summed E-state index contributed by atoms with van der Waals surface area (Å²) in [6, 6.07) is 126. The van der Waals surface area contributed by atoms with Crippen LogP contribution in [0.1, 0.15) is 0 Å². The first-order valence-electron chi connectivity index (χ1n) is 27.9. The van der Waals surface area contributed by atoms with Crippen molar-refractivity contribution in [2.45, 2.75) is 0 Å². The molecule has 0 atom stereocenters. The maximum atomic E-state index is 2.34. The number of benzene rings is 13. The highest BCUT2D eigenvalue weighted by atomic mass is 15.2. The van der Waals surface area contributed by atoms with Crippen LogP contribution in [0.25, 0.3) is 44.5 Å². The lowest BCUT2D eigenvalue weighted by atomic mass is 9.99. The maximum Gasteiger partial charge on any atom is 0.0482 e. The Hall–Kier alpha value is -10.9. The van der Waals surface area contributed by atoms with Crippen LogP contribution in [-0.2, 0) is 0 Å². The van der Waals surface area contributed by atoms with E-state index in [1.807, 2.05) is 0 Å². The average molecular weight is 1050 g/mol. The van der Waals surface area contributed by atoms with Gasteiger partial charge in [0.25, 0.3) is 0 Å². The molecule has 4 nitrogen and oxygen atoms in total. The Morgan fingerprint density at radius 3 is 0.549 bits per heavy atom. The van der Waals surface area contributed by atoms with Gasteiger partial charge in [-0.25, -0.2) is 0 Å². The lowest BCUT2D eigenvalue weighted by Gasteiger charge is -2.30. The Kier molecular flexibility index (Phi) is 14.5. The standard InChI is InChI=1S/C78H58N4/c1-7-22-59(23-8-1)63-26-19-28-65(56-63)61-40-44-71(45-41-61)79(67-30-11-3-12-31-67)73-48-52-75(53-49-73)81(69-34-15-5-16-35-69)77-38-21-39-78(58-77)82(70-36-17-6-18-37-70)76-54-50-74(51-55-76)80(68-32-13-4-14-33-68)72-46-42-62(43-47-72)66-29-20-27-64(57-66)60-24-9-2-10-25-60/h1-58H. The van der Waals surface area contributed by atoms with Crippen molar-refractivity contribution >= 4 is 68.2 Å². The van der Waals surface area contributed by atoms with Crippen LogP contribution in [-0.4, -0.2) is 0 Å². The SMILES string of the molecule is c1ccc(-c2cccc(-c3ccc(N(c4ccccc4)c4ccc(N(c5ccccc5)c5cccc(N(c6ccccc6)c6ccc(N(c7ccccc7)c7ccc(-c8cccc(-c9ccccc9)c8)cc7)cc6)c5)cc4)cc3)c2)cc1. The van der Waals surface area contributed by atoms with E-state index >= 15 is 0 Å². The second-order valence-corrected chi connectivity index (χ2v) is 20.2. The number of anilines is 12. The first kappa shape index (κ1) is 50.6. The number of rotatable bonds is 16. The quantitative estimate of drug-likeness (QED) is 0.0956. The maximum absolute atomic E-state index is 2.34. The van der Waals surface area contributed by atoms with E-state index in [1.165, 1.54) is 44.5 Å². The number of nitrogens with zero attached hydrogens (tertiary/aromatic N) is 4. The molecule has 13 aromatic carbocycles. The molecule has 0 aliphatic rings. The zero-order valence-corrected chi connectivity index (χ0v) is 45.3. The van der Waals surface area contributed by atoms with Gasteiger partial charge in [-0.3, -0.25) is 0 Å². The van der Waals surface area contributed by atoms with Gasteiger partial charge in [0, 0.05) is 68.2 Å². The zero-order chi connectivity index (χ0) is 54.9. The average Bonchev–Trinajstić information content (AvgIpc) is 3.75. The normalized spacial score (nSPS) is 10.9. The van der Waals surface area contributed by atoms with Crippen molar-refractivity contribution in [1.82, 2.24) is 0 Å². The van der Waals surface area contributed by atoms with Gasteiger partial charge in [-0.2, -0.15) is 0 Å². The lowest BCUT2D eigenvalue weighted by Crippen LogP contribution is -2.14. The molecular weight excluding hydrogens is 993 g/mol. The summed E-state index contributed by atoms with van der Waals surface area (Å²) in [5, 5.41) is 0. The van der Waals surface area contributed by atoms with Gasteiger partial charge in [0.2, 0.25) is 0 Å². The molecule has 0 saturated heterocycles. The van der Waals surface area contributed by atoms with E-state index in [0.29, 0.717) is 0 Å². The first-order valence-corrected chi connectivity index (χ1v) is 27.9. The second kappa shape index (κ2) is 23.6. The minimum atomic E-state index is 1.03. The topological polar surface area (TPSA) is 13.0 Å². The second-order valence-electron chi connectivity index (χ2n) is 20.2. The monoisotopic (exact) mass is 1050 g/mol. The van der Waals surface area contributed by atoms with Gasteiger partial charge < -0.3 is 19.6 Å². The molecular formula is C78H58N4. The van der Waals surface area contributed by atoms with Crippen molar-refractivity contribution in [2.75, 3.05) is 19.6 Å². The molecule has 0 aliphatic carbocycles. The summed E-state index contributed by atoms with van der Waals surface area (Å²) >= 11 is 0. The van der Waals surface area contributed by atoms with Crippen LogP contribution in [0, 0.1) is 0 Å². The third-order valence-corrected chi connectivity index (χ3v) is 15.0. The van der Waals surface area contributed by atoms with Crippen LogP contribution in [0.15, 0.2) is 352 Å². The van der Waals surface area contributed by atoms with Crippen molar-refractivity contribution in [3.63, 3.8) is 0 Å². The molecule has 0 N–H and O–H groups in total. The largest absolute Gasteiger partial charge is 0.311 e. The fourth-order valence-corrected chi connectivity index (χ4v) is 11.0. The summed E-state index contributed by atoms with van der Waals surface area (Å²) in [5.74, 6) is 0. The molecule has 0 unspecified atom stereocenters. The number of hydrogen-bond acceptors (Lipinski definition) is 4. The van der Waals surface area contributed by atoms with Crippen LogP contribution >= 0.6 is 0 Å². The molecule has 0 amide bonds. The summed E-state index contributed by atoms with van der Waals surface area (Å²) in [4.78, 5) is 9.33. The van der Waals surface area contributed by atoms with Crippen molar-refractivity contribution in [2.24, 2.45) is 0 Å². The molecule has 0 fully saturated rings. The van der Waals surface area contributed by atoms with E-state index in [2.05, 4.69) is 371 Å². The van der Waals surface area contributed by atoms with Gasteiger partial charge in [0.05, 0.1) is 0 Å². The van der Waals surface area contributed by atoms with Gasteiger partial charge in [-0.15, -0.1) is 0 Å². The Labute approximate surface area is 481 Å². The van der Waals surface area contributed by atoms with Crippen LogP contribution in [0.5, 0.6) is 0 Å². The highest BCUT2D eigenvalue weighted by Gasteiger charge is 2.21. The van der Waals surface area contributed by atoms with E-state index in [1.54, 1.807) is 0 Å². The highest BCUT2D eigenvalue weighted by molar-refractivity contribution is 5.87. The molecule has 13 rings (SSSR count). The molecule has 4 heteroatoms. The fraction of sp³-hybridized carbons (Fsp3) is 0.